The molecular weight excluding hydrogens is 277 g/mol. The Morgan fingerprint density at radius 2 is 1.43 bits per heavy atom. The number of aryl methyl sites for hydroxylation is 1. The fourth-order valence-electron chi connectivity index (χ4n) is 2.15. The van der Waals surface area contributed by atoms with Gasteiger partial charge in [0.2, 0.25) is 0 Å². The molecule has 21 heavy (non-hydrogen) atoms. The van der Waals surface area contributed by atoms with E-state index in [1.165, 1.54) is 17.7 Å². The van der Waals surface area contributed by atoms with Crippen molar-refractivity contribution in [1.29, 1.82) is 0 Å². The van der Waals surface area contributed by atoms with Crippen molar-refractivity contribution in [3.8, 4) is 0 Å². The lowest BCUT2D eigenvalue weighted by molar-refractivity contribution is -0.137. The third kappa shape index (κ3) is 4.08. The summed E-state index contributed by atoms with van der Waals surface area (Å²) < 4.78 is 37.4. The summed E-state index contributed by atoms with van der Waals surface area (Å²) in [5.41, 5.74) is 1.95. The zero-order chi connectivity index (χ0) is 15.5. The third-order valence-electron chi connectivity index (χ3n) is 3.48. The van der Waals surface area contributed by atoms with E-state index in [1.807, 2.05) is 24.3 Å². The monoisotopic (exact) mass is 294 g/mol. The topological polar surface area (TPSA) is 20.2 Å². The quantitative estimate of drug-likeness (QED) is 0.877. The van der Waals surface area contributed by atoms with Gasteiger partial charge in [-0.25, -0.2) is 0 Å². The number of hydrogen-bond acceptors (Lipinski definition) is 1. The van der Waals surface area contributed by atoms with Crippen molar-refractivity contribution in [3.63, 3.8) is 0 Å². The van der Waals surface area contributed by atoms with Crippen LogP contribution in [0.25, 0.3) is 0 Å². The van der Waals surface area contributed by atoms with Gasteiger partial charge in [-0.2, -0.15) is 13.2 Å². The van der Waals surface area contributed by atoms with E-state index in [0.29, 0.717) is 12.0 Å². The first-order valence-corrected chi connectivity index (χ1v) is 6.83. The van der Waals surface area contributed by atoms with Crippen molar-refractivity contribution in [1.82, 2.24) is 0 Å². The summed E-state index contributed by atoms with van der Waals surface area (Å²) in [5, 5.41) is 10.1. The highest BCUT2D eigenvalue weighted by atomic mass is 19.4. The lowest BCUT2D eigenvalue weighted by Gasteiger charge is -2.13. The van der Waals surface area contributed by atoms with E-state index in [9.17, 15) is 18.3 Å². The molecular formula is C17H17F3O. The molecule has 0 saturated carbocycles. The van der Waals surface area contributed by atoms with Crippen molar-refractivity contribution in [3.05, 3.63) is 70.8 Å². The predicted octanol–water partition coefficient (Wildman–Crippen LogP) is 4.54. The summed E-state index contributed by atoms with van der Waals surface area (Å²) in [6.45, 7) is 2.06. The Hall–Kier alpha value is -1.81. The maximum Gasteiger partial charge on any atom is 0.416 e. The van der Waals surface area contributed by atoms with E-state index in [0.717, 1.165) is 24.1 Å². The summed E-state index contributed by atoms with van der Waals surface area (Å²) in [6.07, 6.45) is -3.82. The van der Waals surface area contributed by atoms with Crippen LogP contribution >= 0.6 is 0 Å². The minimum Gasteiger partial charge on any atom is -0.388 e. The maximum absolute atomic E-state index is 12.5. The molecule has 0 fully saturated rings. The highest BCUT2D eigenvalue weighted by molar-refractivity contribution is 5.28. The lowest BCUT2D eigenvalue weighted by atomic mass is 9.99. The van der Waals surface area contributed by atoms with Gasteiger partial charge in [-0.15, -0.1) is 0 Å². The van der Waals surface area contributed by atoms with Gasteiger partial charge < -0.3 is 5.11 Å². The molecule has 0 aliphatic rings. The molecule has 0 aromatic heterocycles. The molecule has 0 aliphatic carbocycles. The number of benzene rings is 2. The van der Waals surface area contributed by atoms with Gasteiger partial charge in [0.15, 0.2) is 0 Å². The molecule has 0 bridgehead atoms. The highest BCUT2D eigenvalue weighted by Crippen LogP contribution is 2.30. The van der Waals surface area contributed by atoms with Crippen LogP contribution < -0.4 is 0 Å². The standard InChI is InChI=1S/C17H17F3O/c1-2-12-3-5-13(6-4-12)11-16(21)14-7-9-15(10-8-14)17(18,19)20/h3-10,16,21H,2,11H2,1H3. The van der Waals surface area contributed by atoms with Crippen LogP contribution in [-0.2, 0) is 19.0 Å². The molecule has 112 valence electrons. The van der Waals surface area contributed by atoms with Crippen LogP contribution in [0.2, 0.25) is 0 Å². The summed E-state index contributed by atoms with van der Waals surface area (Å²) in [6, 6.07) is 12.5. The minimum atomic E-state index is -4.35. The van der Waals surface area contributed by atoms with E-state index in [4.69, 9.17) is 0 Å². The van der Waals surface area contributed by atoms with Gasteiger partial charge in [0.05, 0.1) is 11.7 Å². The fraction of sp³-hybridized carbons (Fsp3) is 0.294. The Balaban J connectivity index is 2.07. The molecule has 0 spiro atoms. The molecule has 2 aromatic rings. The molecule has 0 heterocycles. The van der Waals surface area contributed by atoms with Gasteiger partial charge >= 0.3 is 6.18 Å². The van der Waals surface area contributed by atoms with Crippen molar-refractivity contribution < 1.29 is 18.3 Å². The molecule has 0 amide bonds. The number of alkyl halides is 3. The molecule has 4 heteroatoms. The average molecular weight is 294 g/mol. The normalized spacial score (nSPS) is 13.2. The number of aliphatic hydroxyl groups is 1. The van der Waals surface area contributed by atoms with Crippen LogP contribution in [0.4, 0.5) is 13.2 Å². The number of rotatable bonds is 4. The second-order valence-electron chi connectivity index (χ2n) is 5.01. The van der Waals surface area contributed by atoms with Gasteiger partial charge in [-0.05, 0) is 35.2 Å². The average Bonchev–Trinajstić information content (AvgIpc) is 2.47. The van der Waals surface area contributed by atoms with E-state index < -0.39 is 17.8 Å². The molecule has 0 aliphatic heterocycles. The molecule has 1 N–H and O–H groups in total. The number of aliphatic hydroxyl groups excluding tert-OH is 1. The Morgan fingerprint density at radius 1 is 0.905 bits per heavy atom. The highest BCUT2D eigenvalue weighted by Gasteiger charge is 2.30. The first-order valence-electron chi connectivity index (χ1n) is 6.83. The van der Waals surface area contributed by atoms with Crippen molar-refractivity contribution in [2.24, 2.45) is 0 Å². The van der Waals surface area contributed by atoms with Crippen LogP contribution in [-0.4, -0.2) is 5.11 Å². The Labute approximate surface area is 122 Å². The fourth-order valence-corrected chi connectivity index (χ4v) is 2.15. The molecule has 2 aromatic carbocycles. The zero-order valence-electron chi connectivity index (χ0n) is 11.7. The van der Waals surface area contributed by atoms with Gasteiger partial charge in [0, 0.05) is 6.42 Å². The van der Waals surface area contributed by atoms with E-state index in [-0.39, 0.29) is 0 Å². The van der Waals surface area contributed by atoms with Crippen LogP contribution in [0.5, 0.6) is 0 Å². The first-order chi connectivity index (χ1) is 9.90. The van der Waals surface area contributed by atoms with Crippen LogP contribution in [0.1, 0.15) is 35.3 Å². The number of hydrogen-bond donors (Lipinski definition) is 1. The van der Waals surface area contributed by atoms with Crippen molar-refractivity contribution >= 4 is 0 Å². The second-order valence-corrected chi connectivity index (χ2v) is 5.01. The van der Waals surface area contributed by atoms with Gasteiger partial charge in [0.1, 0.15) is 0 Å². The second kappa shape index (κ2) is 6.31. The Bertz CT molecular complexity index is 570. The van der Waals surface area contributed by atoms with Gasteiger partial charge in [-0.1, -0.05) is 43.3 Å². The van der Waals surface area contributed by atoms with Crippen LogP contribution in [0, 0.1) is 0 Å². The molecule has 1 atom stereocenters. The molecule has 1 unspecified atom stereocenters. The summed E-state index contributed by atoms with van der Waals surface area (Å²) >= 11 is 0. The van der Waals surface area contributed by atoms with E-state index in [1.54, 1.807) is 0 Å². The van der Waals surface area contributed by atoms with Gasteiger partial charge in [-0.3, -0.25) is 0 Å². The van der Waals surface area contributed by atoms with Gasteiger partial charge in [0.25, 0.3) is 0 Å². The SMILES string of the molecule is CCc1ccc(CC(O)c2ccc(C(F)(F)F)cc2)cc1. The van der Waals surface area contributed by atoms with E-state index in [2.05, 4.69) is 6.92 Å². The smallest absolute Gasteiger partial charge is 0.388 e. The maximum atomic E-state index is 12.5. The first kappa shape index (κ1) is 15.6. The minimum absolute atomic E-state index is 0.384. The van der Waals surface area contributed by atoms with Crippen LogP contribution in [0.3, 0.4) is 0 Å². The largest absolute Gasteiger partial charge is 0.416 e. The molecule has 0 saturated heterocycles. The molecule has 2 rings (SSSR count). The van der Waals surface area contributed by atoms with Crippen molar-refractivity contribution in [2.75, 3.05) is 0 Å². The lowest BCUT2D eigenvalue weighted by Crippen LogP contribution is -2.06. The summed E-state index contributed by atoms with van der Waals surface area (Å²) in [4.78, 5) is 0. The summed E-state index contributed by atoms with van der Waals surface area (Å²) in [7, 11) is 0. The zero-order valence-corrected chi connectivity index (χ0v) is 11.7. The number of halogens is 3. The summed E-state index contributed by atoms with van der Waals surface area (Å²) in [5.74, 6) is 0. The predicted molar refractivity (Wildman–Crippen MR) is 75.9 cm³/mol. The van der Waals surface area contributed by atoms with Crippen molar-refractivity contribution in [2.45, 2.75) is 32.0 Å². The Morgan fingerprint density at radius 3 is 1.90 bits per heavy atom. The molecule has 0 radical (unpaired) electrons. The van der Waals surface area contributed by atoms with Crippen LogP contribution in [0.15, 0.2) is 48.5 Å². The molecule has 1 nitrogen and oxygen atoms in total. The van der Waals surface area contributed by atoms with E-state index >= 15 is 0 Å². The Kier molecular flexibility index (Phi) is 4.68. The third-order valence-corrected chi connectivity index (χ3v) is 3.48.